The van der Waals surface area contributed by atoms with Gasteiger partial charge in [-0.1, -0.05) is 11.6 Å². The highest BCUT2D eigenvalue weighted by molar-refractivity contribution is 6.30. The zero-order valence-electron chi connectivity index (χ0n) is 9.12. The standard InChI is InChI=1S/C11H8ClN3O3/c12-10-2-1-9(11(3-10)15(17)18)6-14-5-8(7-16)4-13-14/h1-5,7H,6H2. The van der Waals surface area contributed by atoms with Crippen molar-refractivity contribution in [2.75, 3.05) is 0 Å². The van der Waals surface area contributed by atoms with Gasteiger partial charge in [0.15, 0.2) is 6.29 Å². The summed E-state index contributed by atoms with van der Waals surface area (Å²) in [5.74, 6) is 0. The van der Waals surface area contributed by atoms with E-state index in [1.807, 2.05) is 0 Å². The molecule has 0 fully saturated rings. The SMILES string of the molecule is O=Cc1cnn(Cc2ccc(Cl)cc2[N+](=O)[O-])c1. The molecule has 0 N–H and O–H groups in total. The number of rotatable bonds is 4. The summed E-state index contributed by atoms with van der Waals surface area (Å²) >= 11 is 5.72. The number of halogens is 1. The third-order valence-corrected chi connectivity index (χ3v) is 2.60. The highest BCUT2D eigenvalue weighted by atomic mass is 35.5. The normalized spacial score (nSPS) is 10.3. The first-order valence-electron chi connectivity index (χ1n) is 5.00. The summed E-state index contributed by atoms with van der Waals surface area (Å²) < 4.78 is 1.46. The van der Waals surface area contributed by atoms with Crippen molar-refractivity contribution >= 4 is 23.6 Å². The Morgan fingerprint density at radius 2 is 2.28 bits per heavy atom. The van der Waals surface area contributed by atoms with Gasteiger partial charge in [-0.05, 0) is 12.1 Å². The molecule has 92 valence electrons. The van der Waals surface area contributed by atoms with Gasteiger partial charge in [-0.25, -0.2) is 0 Å². The Morgan fingerprint density at radius 1 is 1.50 bits per heavy atom. The molecule has 0 atom stereocenters. The number of hydrogen-bond donors (Lipinski definition) is 0. The summed E-state index contributed by atoms with van der Waals surface area (Å²) in [7, 11) is 0. The summed E-state index contributed by atoms with van der Waals surface area (Å²) in [6.07, 6.45) is 3.58. The molecule has 0 unspecified atom stereocenters. The van der Waals surface area contributed by atoms with E-state index >= 15 is 0 Å². The summed E-state index contributed by atoms with van der Waals surface area (Å²) in [6, 6.07) is 4.44. The first-order chi connectivity index (χ1) is 8.60. The van der Waals surface area contributed by atoms with Crippen LogP contribution in [0, 0.1) is 10.1 Å². The first-order valence-corrected chi connectivity index (χ1v) is 5.38. The predicted molar refractivity (Wildman–Crippen MR) is 64.8 cm³/mol. The Bertz CT molecular complexity index is 609. The molecule has 0 amide bonds. The van der Waals surface area contributed by atoms with E-state index in [1.165, 1.54) is 23.1 Å². The van der Waals surface area contributed by atoms with E-state index in [1.54, 1.807) is 12.1 Å². The molecular formula is C11H8ClN3O3. The maximum absolute atomic E-state index is 10.9. The Kier molecular flexibility index (Phi) is 3.38. The molecule has 0 saturated heterocycles. The third-order valence-electron chi connectivity index (χ3n) is 2.37. The van der Waals surface area contributed by atoms with E-state index in [0.29, 0.717) is 22.4 Å². The molecule has 0 saturated carbocycles. The molecule has 1 heterocycles. The van der Waals surface area contributed by atoms with Crippen molar-refractivity contribution in [2.24, 2.45) is 0 Å². The molecule has 1 aromatic heterocycles. The van der Waals surface area contributed by atoms with Gasteiger partial charge < -0.3 is 0 Å². The largest absolute Gasteiger partial charge is 0.298 e. The fraction of sp³-hybridized carbons (Fsp3) is 0.0909. The monoisotopic (exact) mass is 265 g/mol. The van der Waals surface area contributed by atoms with Crippen LogP contribution in [0.5, 0.6) is 0 Å². The Morgan fingerprint density at radius 3 is 2.89 bits per heavy atom. The fourth-order valence-electron chi connectivity index (χ4n) is 1.54. The number of nitro groups is 1. The fourth-order valence-corrected chi connectivity index (χ4v) is 1.71. The van der Waals surface area contributed by atoms with Crippen LogP contribution in [0.25, 0.3) is 0 Å². The van der Waals surface area contributed by atoms with Gasteiger partial charge in [0.2, 0.25) is 0 Å². The van der Waals surface area contributed by atoms with Gasteiger partial charge in [0.05, 0.1) is 28.8 Å². The number of benzene rings is 1. The van der Waals surface area contributed by atoms with E-state index in [4.69, 9.17) is 11.6 Å². The molecule has 2 aromatic rings. The summed E-state index contributed by atoms with van der Waals surface area (Å²) in [4.78, 5) is 20.9. The van der Waals surface area contributed by atoms with Crippen LogP contribution in [-0.2, 0) is 6.54 Å². The second-order valence-corrected chi connectivity index (χ2v) is 4.06. The smallest absolute Gasteiger partial charge is 0.275 e. The van der Waals surface area contributed by atoms with Crippen LogP contribution in [-0.4, -0.2) is 21.0 Å². The van der Waals surface area contributed by atoms with Crippen LogP contribution in [0.3, 0.4) is 0 Å². The molecule has 6 nitrogen and oxygen atoms in total. The van der Waals surface area contributed by atoms with E-state index in [9.17, 15) is 14.9 Å². The van der Waals surface area contributed by atoms with Crippen molar-refractivity contribution in [3.63, 3.8) is 0 Å². The molecule has 0 aliphatic carbocycles. The predicted octanol–water partition coefficient (Wildman–Crippen LogP) is 2.31. The van der Waals surface area contributed by atoms with Crippen molar-refractivity contribution < 1.29 is 9.72 Å². The maximum Gasteiger partial charge on any atom is 0.275 e. The number of carbonyl (C=O) groups excluding carboxylic acids is 1. The van der Waals surface area contributed by atoms with Crippen molar-refractivity contribution in [1.29, 1.82) is 0 Å². The molecule has 1 aromatic carbocycles. The zero-order chi connectivity index (χ0) is 13.1. The van der Waals surface area contributed by atoms with Gasteiger partial charge in [0, 0.05) is 17.3 Å². The molecule has 18 heavy (non-hydrogen) atoms. The molecule has 0 aliphatic heterocycles. The summed E-state index contributed by atoms with van der Waals surface area (Å²) in [5.41, 5.74) is 0.835. The second-order valence-electron chi connectivity index (χ2n) is 3.62. The molecule has 0 aliphatic rings. The molecule has 2 rings (SSSR count). The van der Waals surface area contributed by atoms with Crippen LogP contribution in [0.1, 0.15) is 15.9 Å². The minimum absolute atomic E-state index is 0.0642. The number of aldehydes is 1. The van der Waals surface area contributed by atoms with Crippen LogP contribution in [0.4, 0.5) is 5.69 Å². The molecule has 0 bridgehead atoms. The number of carbonyl (C=O) groups is 1. The van der Waals surface area contributed by atoms with E-state index in [2.05, 4.69) is 5.10 Å². The summed E-state index contributed by atoms with van der Waals surface area (Å²) in [6.45, 7) is 0.210. The van der Waals surface area contributed by atoms with Gasteiger partial charge in [-0.2, -0.15) is 5.10 Å². The quantitative estimate of drug-likeness (QED) is 0.483. The average molecular weight is 266 g/mol. The van der Waals surface area contributed by atoms with Crippen molar-refractivity contribution in [3.05, 3.63) is 56.9 Å². The van der Waals surface area contributed by atoms with Crippen LogP contribution >= 0.6 is 11.6 Å². The lowest BCUT2D eigenvalue weighted by Crippen LogP contribution is -2.03. The lowest BCUT2D eigenvalue weighted by molar-refractivity contribution is -0.385. The summed E-state index contributed by atoms with van der Waals surface area (Å²) in [5, 5.41) is 15.1. The van der Waals surface area contributed by atoms with Crippen molar-refractivity contribution in [2.45, 2.75) is 6.54 Å². The van der Waals surface area contributed by atoms with Gasteiger partial charge >= 0.3 is 0 Å². The lowest BCUT2D eigenvalue weighted by atomic mass is 10.2. The van der Waals surface area contributed by atoms with Crippen LogP contribution < -0.4 is 0 Å². The van der Waals surface area contributed by atoms with Gasteiger partial charge in [-0.3, -0.25) is 19.6 Å². The highest BCUT2D eigenvalue weighted by Gasteiger charge is 2.14. The number of hydrogen-bond acceptors (Lipinski definition) is 4. The molecule has 0 spiro atoms. The Balaban J connectivity index is 2.33. The first kappa shape index (κ1) is 12.3. The third kappa shape index (κ3) is 2.54. The van der Waals surface area contributed by atoms with Crippen LogP contribution in [0.15, 0.2) is 30.6 Å². The maximum atomic E-state index is 10.9. The number of aromatic nitrogens is 2. The van der Waals surface area contributed by atoms with E-state index in [0.717, 1.165) is 0 Å². The Hall–Kier alpha value is -2.21. The highest BCUT2D eigenvalue weighted by Crippen LogP contribution is 2.23. The second kappa shape index (κ2) is 4.97. The zero-order valence-corrected chi connectivity index (χ0v) is 9.87. The molecule has 0 radical (unpaired) electrons. The van der Waals surface area contributed by atoms with Gasteiger partial charge in [0.25, 0.3) is 5.69 Å². The van der Waals surface area contributed by atoms with Crippen LogP contribution in [0.2, 0.25) is 5.02 Å². The minimum atomic E-state index is -0.495. The van der Waals surface area contributed by atoms with Gasteiger partial charge in [0.1, 0.15) is 0 Å². The van der Waals surface area contributed by atoms with E-state index in [-0.39, 0.29) is 12.2 Å². The molecule has 7 heteroatoms. The molecular weight excluding hydrogens is 258 g/mol. The lowest BCUT2D eigenvalue weighted by Gasteiger charge is -2.03. The number of nitro benzene ring substituents is 1. The minimum Gasteiger partial charge on any atom is -0.298 e. The topological polar surface area (TPSA) is 78.0 Å². The average Bonchev–Trinajstić information content (AvgIpc) is 2.79. The van der Waals surface area contributed by atoms with Gasteiger partial charge in [-0.15, -0.1) is 0 Å². The van der Waals surface area contributed by atoms with Crippen molar-refractivity contribution in [1.82, 2.24) is 9.78 Å². The Labute approximate surface area is 107 Å². The van der Waals surface area contributed by atoms with Crippen molar-refractivity contribution in [3.8, 4) is 0 Å². The van der Waals surface area contributed by atoms with E-state index < -0.39 is 4.92 Å². The number of nitrogens with zero attached hydrogens (tertiary/aromatic N) is 3.